The van der Waals surface area contributed by atoms with Crippen molar-refractivity contribution >= 4 is 28.7 Å². The van der Waals surface area contributed by atoms with Gasteiger partial charge in [-0.25, -0.2) is 4.98 Å². The Balaban J connectivity index is 1.86. The Morgan fingerprint density at radius 2 is 1.39 bits per heavy atom. The van der Waals surface area contributed by atoms with Crippen LogP contribution in [0.1, 0.15) is 84.6 Å². The van der Waals surface area contributed by atoms with Gasteiger partial charge >= 0.3 is 0 Å². The maximum absolute atomic E-state index is 13.8. The minimum atomic E-state index is -0.749. The van der Waals surface area contributed by atoms with Crippen LogP contribution in [0.25, 0.3) is 0 Å². The number of aromatic nitrogens is 1. The third kappa shape index (κ3) is 4.62. The molecule has 0 saturated heterocycles. The van der Waals surface area contributed by atoms with E-state index in [4.69, 9.17) is 0 Å². The van der Waals surface area contributed by atoms with Crippen molar-refractivity contribution in [2.24, 2.45) is 0 Å². The van der Waals surface area contributed by atoms with Gasteiger partial charge in [0.25, 0.3) is 5.91 Å². The quantitative estimate of drug-likeness (QED) is 0.385. The zero-order valence-corrected chi connectivity index (χ0v) is 23.1. The molecule has 1 aromatic heterocycles. The summed E-state index contributed by atoms with van der Waals surface area (Å²) < 4.78 is 0. The van der Waals surface area contributed by atoms with E-state index in [0.29, 0.717) is 16.3 Å². The van der Waals surface area contributed by atoms with Crippen molar-refractivity contribution in [3.05, 3.63) is 92.1 Å². The smallest absolute Gasteiger partial charge is 0.294 e. The van der Waals surface area contributed by atoms with Gasteiger partial charge in [0, 0.05) is 5.69 Å². The zero-order chi connectivity index (χ0) is 26.6. The van der Waals surface area contributed by atoms with Crippen molar-refractivity contribution in [1.82, 2.24) is 4.98 Å². The van der Waals surface area contributed by atoms with Crippen molar-refractivity contribution in [2.45, 2.75) is 72.3 Å². The van der Waals surface area contributed by atoms with Gasteiger partial charge in [-0.1, -0.05) is 77.9 Å². The van der Waals surface area contributed by atoms with Gasteiger partial charge in [-0.05, 0) is 53.5 Å². The number of aryl methyl sites for hydroxylation is 2. The van der Waals surface area contributed by atoms with E-state index in [9.17, 15) is 14.7 Å². The van der Waals surface area contributed by atoms with Gasteiger partial charge in [0.1, 0.15) is 0 Å². The van der Waals surface area contributed by atoms with Crippen LogP contribution in [-0.2, 0) is 15.6 Å². The van der Waals surface area contributed by atoms with E-state index in [2.05, 4.69) is 46.5 Å². The van der Waals surface area contributed by atoms with E-state index in [1.54, 1.807) is 6.92 Å². The molecule has 5 nitrogen and oxygen atoms in total. The summed E-state index contributed by atoms with van der Waals surface area (Å²) >= 11 is 1.28. The number of amides is 1. The summed E-state index contributed by atoms with van der Waals surface area (Å²) in [4.78, 5) is 33.6. The van der Waals surface area contributed by atoms with Gasteiger partial charge in [-0.3, -0.25) is 14.5 Å². The number of aliphatic hydroxyl groups is 1. The van der Waals surface area contributed by atoms with Gasteiger partial charge < -0.3 is 5.11 Å². The lowest BCUT2D eigenvalue weighted by atomic mass is 9.85. The molecule has 2 aromatic carbocycles. The van der Waals surface area contributed by atoms with Crippen LogP contribution in [0.15, 0.2) is 59.9 Å². The van der Waals surface area contributed by atoms with Gasteiger partial charge in [-0.15, -0.1) is 11.3 Å². The van der Waals surface area contributed by atoms with Crippen LogP contribution in [0, 0.1) is 13.8 Å². The fourth-order valence-electron chi connectivity index (χ4n) is 4.57. The zero-order valence-electron chi connectivity index (χ0n) is 22.3. The summed E-state index contributed by atoms with van der Waals surface area (Å²) in [7, 11) is 0. The number of Topliss-reactive ketones (excluding diaryl/α,β-unsaturated/α-hetero) is 1. The van der Waals surface area contributed by atoms with Gasteiger partial charge in [0.15, 0.2) is 5.76 Å². The molecule has 3 aromatic rings. The number of thiazole rings is 1. The first-order chi connectivity index (χ1) is 16.7. The summed E-state index contributed by atoms with van der Waals surface area (Å²) in [5.74, 6) is -1.44. The summed E-state index contributed by atoms with van der Waals surface area (Å²) in [5.41, 5.74) is 4.28. The molecule has 6 heteroatoms. The average molecular weight is 503 g/mol. The number of hydrogen-bond acceptors (Lipinski definition) is 5. The highest BCUT2D eigenvalue weighted by molar-refractivity contribution is 7.14. The Hall–Kier alpha value is -3.25. The van der Waals surface area contributed by atoms with Crippen LogP contribution in [0.3, 0.4) is 0 Å². The van der Waals surface area contributed by atoms with Gasteiger partial charge in [0.2, 0.25) is 5.78 Å². The van der Waals surface area contributed by atoms with Crippen molar-refractivity contribution in [3.63, 3.8) is 0 Å². The number of rotatable bonds is 4. The molecular weight excluding hydrogens is 468 g/mol. The summed E-state index contributed by atoms with van der Waals surface area (Å²) in [6.07, 6.45) is 0. The molecule has 1 aliphatic rings. The standard InChI is InChI=1S/C30H34N2O3S/c1-17-27(36-18(2)31-17)25(33)23-24(19-9-11-20(12-10-19)29(3,4)5)32(28(35)26(23)34)22-15-13-21(14-16-22)30(6,7)8/h9-16,24,34H,1-8H3. The predicted molar refractivity (Wildman–Crippen MR) is 146 cm³/mol. The van der Waals surface area contributed by atoms with E-state index in [-0.39, 0.29) is 22.2 Å². The van der Waals surface area contributed by atoms with Crippen LogP contribution in [0.4, 0.5) is 5.69 Å². The highest BCUT2D eigenvalue weighted by Crippen LogP contribution is 2.43. The first-order valence-electron chi connectivity index (χ1n) is 12.2. The van der Waals surface area contributed by atoms with Crippen LogP contribution >= 0.6 is 11.3 Å². The fraction of sp³-hybridized carbons (Fsp3) is 0.367. The second-order valence-electron chi connectivity index (χ2n) is 11.5. The number of ketones is 1. The fourth-order valence-corrected chi connectivity index (χ4v) is 5.44. The van der Waals surface area contributed by atoms with E-state index in [0.717, 1.165) is 21.7 Å². The minimum absolute atomic E-state index is 0.0413. The van der Waals surface area contributed by atoms with E-state index in [1.165, 1.54) is 16.2 Å². The van der Waals surface area contributed by atoms with Crippen molar-refractivity contribution in [3.8, 4) is 0 Å². The maximum atomic E-state index is 13.8. The molecule has 1 N–H and O–H groups in total. The molecule has 0 aliphatic carbocycles. The second-order valence-corrected chi connectivity index (χ2v) is 12.7. The highest BCUT2D eigenvalue weighted by atomic mass is 32.1. The highest BCUT2D eigenvalue weighted by Gasteiger charge is 2.45. The molecule has 2 heterocycles. The third-order valence-electron chi connectivity index (χ3n) is 6.67. The molecule has 1 atom stereocenters. The molecule has 4 rings (SSSR count). The molecule has 1 aliphatic heterocycles. The third-order valence-corrected chi connectivity index (χ3v) is 7.74. The van der Waals surface area contributed by atoms with E-state index in [1.807, 2.05) is 55.5 Å². The molecule has 188 valence electrons. The van der Waals surface area contributed by atoms with Crippen LogP contribution in [-0.4, -0.2) is 21.8 Å². The number of aliphatic hydroxyl groups excluding tert-OH is 1. The number of carbonyl (C=O) groups is 2. The van der Waals surface area contributed by atoms with E-state index >= 15 is 0 Å². The monoisotopic (exact) mass is 502 g/mol. The number of hydrogen-bond donors (Lipinski definition) is 1. The molecule has 1 unspecified atom stereocenters. The topological polar surface area (TPSA) is 70.5 Å². The molecule has 0 radical (unpaired) electrons. The Labute approximate surface area is 217 Å². The molecule has 1 amide bonds. The lowest BCUT2D eigenvalue weighted by Gasteiger charge is -2.28. The van der Waals surface area contributed by atoms with Gasteiger partial charge in [-0.2, -0.15) is 0 Å². The summed E-state index contributed by atoms with van der Waals surface area (Å²) in [6, 6.07) is 15.0. The van der Waals surface area contributed by atoms with E-state index < -0.39 is 17.7 Å². The molecule has 36 heavy (non-hydrogen) atoms. The first-order valence-corrected chi connectivity index (χ1v) is 13.0. The lowest BCUT2D eigenvalue weighted by Crippen LogP contribution is -2.31. The lowest BCUT2D eigenvalue weighted by molar-refractivity contribution is -0.117. The van der Waals surface area contributed by atoms with Crippen molar-refractivity contribution in [2.75, 3.05) is 4.90 Å². The predicted octanol–water partition coefficient (Wildman–Crippen LogP) is 7.14. The largest absolute Gasteiger partial charge is 0.503 e. The van der Waals surface area contributed by atoms with Crippen LogP contribution in [0.5, 0.6) is 0 Å². The molecular formula is C30H34N2O3S. The maximum Gasteiger partial charge on any atom is 0.294 e. The summed E-state index contributed by atoms with van der Waals surface area (Å²) in [5, 5.41) is 11.8. The second kappa shape index (κ2) is 9.00. The molecule has 0 fully saturated rings. The van der Waals surface area contributed by atoms with Gasteiger partial charge in [0.05, 0.1) is 27.2 Å². The Morgan fingerprint density at radius 3 is 1.83 bits per heavy atom. The van der Waals surface area contributed by atoms with Crippen LogP contribution < -0.4 is 4.90 Å². The normalized spacial score (nSPS) is 16.7. The van der Waals surface area contributed by atoms with Crippen molar-refractivity contribution < 1.29 is 14.7 Å². The SMILES string of the molecule is Cc1nc(C)c(C(=O)C2=C(O)C(=O)N(c3ccc(C(C)(C)C)cc3)C2c2ccc(C(C)(C)C)cc2)s1. The Kier molecular flexibility index (Phi) is 6.46. The number of carbonyl (C=O) groups excluding carboxylic acids is 2. The minimum Gasteiger partial charge on any atom is -0.503 e. The number of nitrogens with zero attached hydrogens (tertiary/aromatic N) is 2. The molecule has 0 saturated carbocycles. The average Bonchev–Trinajstić information content (AvgIpc) is 3.27. The number of anilines is 1. The summed E-state index contributed by atoms with van der Waals surface area (Å²) in [6.45, 7) is 16.4. The first kappa shape index (κ1) is 25.8. The van der Waals surface area contributed by atoms with Crippen LogP contribution in [0.2, 0.25) is 0 Å². The molecule has 0 bridgehead atoms. The molecule has 0 spiro atoms. The Bertz CT molecular complexity index is 1350. The van der Waals surface area contributed by atoms with Crippen molar-refractivity contribution in [1.29, 1.82) is 0 Å². The Morgan fingerprint density at radius 1 is 0.889 bits per heavy atom. The number of benzene rings is 2.